The van der Waals surface area contributed by atoms with E-state index < -0.39 is 18.7 Å². The standard InChI is InChI=1S/C7H13F3N2O2/c1-5(6(11)12-13)14-4-2-3-7(8,9)10/h5,13H,2-4H2,1H3,(H2,11,12). The van der Waals surface area contributed by atoms with Crippen LogP contribution in [0.15, 0.2) is 5.16 Å². The third-order valence-electron chi connectivity index (χ3n) is 1.50. The minimum atomic E-state index is -4.16. The highest BCUT2D eigenvalue weighted by Crippen LogP contribution is 2.21. The van der Waals surface area contributed by atoms with Crippen LogP contribution in [0.4, 0.5) is 13.2 Å². The summed E-state index contributed by atoms with van der Waals surface area (Å²) in [5.74, 6) is -0.156. The quantitative estimate of drug-likeness (QED) is 0.239. The summed E-state index contributed by atoms with van der Waals surface area (Å²) in [5.41, 5.74) is 5.14. The van der Waals surface area contributed by atoms with Gasteiger partial charge in [-0.1, -0.05) is 5.16 Å². The molecule has 0 saturated carbocycles. The SMILES string of the molecule is CC(OCCCC(F)(F)F)C(N)=NO. The van der Waals surface area contributed by atoms with E-state index in [-0.39, 0.29) is 18.9 Å². The fourth-order valence-corrected chi connectivity index (χ4v) is 0.699. The van der Waals surface area contributed by atoms with Gasteiger partial charge in [0, 0.05) is 13.0 Å². The van der Waals surface area contributed by atoms with E-state index in [0.29, 0.717) is 0 Å². The molecule has 0 bridgehead atoms. The summed E-state index contributed by atoms with van der Waals surface area (Å²) in [5, 5.41) is 10.9. The van der Waals surface area contributed by atoms with Crippen molar-refractivity contribution in [2.75, 3.05) is 6.61 Å². The number of nitrogens with two attached hydrogens (primary N) is 1. The number of rotatable bonds is 5. The molecule has 4 nitrogen and oxygen atoms in total. The van der Waals surface area contributed by atoms with Gasteiger partial charge in [-0.3, -0.25) is 0 Å². The molecule has 0 aromatic heterocycles. The van der Waals surface area contributed by atoms with Gasteiger partial charge in [-0.25, -0.2) is 0 Å². The number of amidine groups is 1. The molecule has 0 fully saturated rings. The topological polar surface area (TPSA) is 67.8 Å². The van der Waals surface area contributed by atoms with E-state index >= 15 is 0 Å². The molecule has 0 radical (unpaired) electrons. The molecule has 0 saturated heterocycles. The van der Waals surface area contributed by atoms with Crippen molar-refractivity contribution in [3.8, 4) is 0 Å². The Morgan fingerprint density at radius 2 is 2.14 bits per heavy atom. The van der Waals surface area contributed by atoms with Crippen LogP contribution in [0.3, 0.4) is 0 Å². The van der Waals surface area contributed by atoms with Crippen molar-refractivity contribution in [3.63, 3.8) is 0 Å². The highest BCUT2D eigenvalue weighted by atomic mass is 19.4. The van der Waals surface area contributed by atoms with Gasteiger partial charge in [-0.05, 0) is 13.3 Å². The van der Waals surface area contributed by atoms with Crippen LogP contribution in [0.1, 0.15) is 19.8 Å². The Balaban J connectivity index is 3.56. The molecule has 0 aliphatic carbocycles. The summed E-state index contributed by atoms with van der Waals surface area (Å²) in [6.45, 7) is 1.42. The fraction of sp³-hybridized carbons (Fsp3) is 0.857. The first-order valence-corrected chi connectivity index (χ1v) is 4.02. The molecule has 3 N–H and O–H groups in total. The summed E-state index contributed by atoms with van der Waals surface area (Å²) in [6, 6.07) is 0. The molecule has 0 amide bonds. The lowest BCUT2D eigenvalue weighted by molar-refractivity contribution is -0.138. The lowest BCUT2D eigenvalue weighted by atomic mass is 10.3. The van der Waals surface area contributed by atoms with Crippen molar-refractivity contribution in [3.05, 3.63) is 0 Å². The van der Waals surface area contributed by atoms with Gasteiger partial charge in [0.25, 0.3) is 0 Å². The van der Waals surface area contributed by atoms with Crippen LogP contribution in [-0.4, -0.2) is 29.9 Å². The molecule has 0 aliphatic rings. The maximum absolute atomic E-state index is 11.7. The number of oxime groups is 1. The Morgan fingerprint density at radius 1 is 1.57 bits per heavy atom. The van der Waals surface area contributed by atoms with Crippen LogP contribution in [0.2, 0.25) is 0 Å². The van der Waals surface area contributed by atoms with Crippen LogP contribution in [0.5, 0.6) is 0 Å². The molecule has 1 unspecified atom stereocenters. The van der Waals surface area contributed by atoms with Crippen molar-refractivity contribution in [2.24, 2.45) is 10.9 Å². The van der Waals surface area contributed by atoms with Crippen molar-refractivity contribution in [1.82, 2.24) is 0 Å². The molecule has 84 valence electrons. The zero-order valence-corrected chi connectivity index (χ0v) is 7.71. The van der Waals surface area contributed by atoms with Gasteiger partial charge in [0.2, 0.25) is 0 Å². The van der Waals surface area contributed by atoms with Gasteiger partial charge in [0.15, 0.2) is 5.84 Å². The molecule has 0 heterocycles. The number of halogens is 3. The highest BCUT2D eigenvalue weighted by molar-refractivity contribution is 5.83. The van der Waals surface area contributed by atoms with Crippen molar-refractivity contribution in [2.45, 2.75) is 32.0 Å². The van der Waals surface area contributed by atoms with E-state index in [2.05, 4.69) is 5.16 Å². The van der Waals surface area contributed by atoms with Crippen molar-refractivity contribution >= 4 is 5.84 Å². The second-order valence-electron chi connectivity index (χ2n) is 2.76. The summed E-state index contributed by atoms with van der Waals surface area (Å²) in [7, 11) is 0. The van der Waals surface area contributed by atoms with E-state index in [9.17, 15) is 13.2 Å². The molecule has 0 aromatic rings. The predicted octanol–water partition coefficient (Wildman–Crippen LogP) is 1.48. The Morgan fingerprint density at radius 3 is 2.57 bits per heavy atom. The Bertz CT molecular complexity index is 194. The summed E-state index contributed by atoms with van der Waals surface area (Å²) in [6.07, 6.45) is -5.86. The van der Waals surface area contributed by atoms with Gasteiger partial charge in [0.1, 0.15) is 6.10 Å². The van der Waals surface area contributed by atoms with Crippen LogP contribution < -0.4 is 5.73 Å². The van der Waals surface area contributed by atoms with Gasteiger partial charge < -0.3 is 15.7 Å². The Hall–Kier alpha value is -0.980. The number of alkyl halides is 3. The summed E-state index contributed by atoms with van der Waals surface area (Å²) in [4.78, 5) is 0. The van der Waals surface area contributed by atoms with Crippen LogP contribution in [-0.2, 0) is 4.74 Å². The largest absolute Gasteiger partial charge is 0.409 e. The van der Waals surface area contributed by atoms with Gasteiger partial charge >= 0.3 is 6.18 Å². The Labute approximate surface area is 79.5 Å². The summed E-state index contributed by atoms with van der Waals surface area (Å²) < 4.78 is 39.9. The van der Waals surface area contributed by atoms with E-state index in [1.54, 1.807) is 0 Å². The maximum Gasteiger partial charge on any atom is 0.389 e. The third-order valence-corrected chi connectivity index (χ3v) is 1.50. The smallest absolute Gasteiger partial charge is 0.389 e. The monoisotopic (exact) mass is 214 g/mol. The van der Waals surface area contributed by atoms with E-state index in [1.165, 1.54) is 6.92 Å². The first kappa shape index (κ1) is 13.0. The second kappa shape index (κ2) is 5.69. The normalized spacial score (nSPS) is 15.6. The first-order chi connectivity index (χ1) is 6.37. The predicted molar refractivity (Wildman–Crippen MR) is 44.1 cm³/mol. The zero-order valence-electron chi connectivity index (χ0n) is 7.71. The molecule has 0 aliphatic heterocycles. The number of hydrogen-bond donors (Lipinski definition) is 2. The maximum atomic E-state index is 11.7. The van der Waals surface area contributed by atoms with E-state index in [4.69, 9.17) is 15.7 Å². The number of ether oxygens (including phenoxy) is 1. The van der Waals surface area contributed by atoms with Gasteiger partial charge in [-0.2, -0.15) is 13.2 Å². The van der Waals surface area contributed by atoms with Crippen LogP contribution >= 0.6 is 0 Å². The van der Waals surface area contributed by atoms with E-state index in [0.717, 1.165) is 0 Å². The van der Waals surface area contributed by atoms with Crippen molar-refractivity contribution in [1.29, 1.82) is 0 Å². The number of nitrogens with zero attached hydrogens (tertiary/aromatic N) is 1. The fourth-order valence-electron chi connectivity index (χ4n) is 0.699. The van der Waals surface area contributed by atoms with Crippen molar-refractivity contribution < 1.29 is 23.1 Å². The molecule has 7 heteroatoms. The Kier molecular flexibility index (Phi) is 5.29. The number of hydrogen-bond acceptors (Lipinski definition) is 3. The van der Waals surface area contributed by atoms with Gasteiger partial charge in [-0.15, -0.1) is 0 Å². The second-order valence-corrected chi connectivity index (χ2v) is 2.76. The molecule has 14 heavy (non-hydrogen) atoms. The third kappa shape index (κ3) is 6.53. The highest BCUT2D eigenvalue weighted by Gasteiger charge is 2.26. The average molecular weight is 214 g/mol. The molecular formula is C7H13F3N2O2. The molecule has 0 rings (SSSR count). The lowest BCUT2D eigenvalue weighted by Gasteiger charge is -2.11. The molecule has 1 atom stereocenters. The first-order valence-electron chi connectivity index (χ1n) is 4.02. The minimum Gasteiger partial charge on any atom is -0.409 e. The van der Waals surface area contributed by atoms with Crippen LogP contribution in [0.25, 0.3) is 0 Å². The van der Waals surface area contributed by atoms with E-state index in [1.807, 2.05) is 0 Å². The minimum absolute atomic E-state index is 0.0725. The summed E-state index contributed by atoms with van der Waals surface area (Å²) >= 11 is 0. The van der Waals surface area contributed by atoms with Crippen LogP contribution in [0, 0.1) is 0 Å². The molecule has 0 spiro atoms. The van der Waals surface area contributed by atoms with Gasteiger partial charge in [0.05, 0.1) is 0 Å². The zero-order chi connectivity index (χ0) is 11.2. The molecule has 0 aromatic carbocycles. The lowest BCUT2D eigenvalue weighted by Crippen LogP contribution is -2.29. The molecular weight excluding hydrogens is 201 g/mol. The average Bonchev–Trinajstić information content (AvgIpc) is 2.09.